The Balaban J connectivity index is 1.79. The van der Waals surface area contributed by atoms with Crippen LogP contribution in [0.1, 0.15) is 33.4 Å². The Hall–Kier alpha value is -2.77. The van der Waals surface area contributed by atoms with Crippen molar-refractivity contribution in [3.05, 3.63) is 58.9 Å². The second kappa shape index (κ2) is 7.93. The first-order chi connectivity index (χ1) is 14.0. The van der Waals surface area contributed by atoms with Gasteiger partial charge in [0.15, 0.2) is 0 Å². The van der Waals surface area contributed by atoms with Crippen molar-refractivity contribution in [2.24, 2.45) is 0 Å². The number of hydrogen-bond donors (Lipinski definition) is 0. The molecular formula is C22H26N4O3. The van der Waals surface area contributed by atoms with Gasteiger partial charge in [0.2, 0.25) is 0 Å². The molecule has 0 bridgehead atoms. The monoisotopic (exact) mass is 394 g/mol. The van der Waals surface area contributed by atoms with Crippen molar-refractivity contribution >= 4 is 17.0 Å². The summed E-state index contributed by atoms with van der Waals surface area (Å²) in [7, 11) is 4.03. The Morgan fingerprint density at radius 1 is 1.24 bits per heavy atom. The van der Waals surface area contributed by atoms with Crippen molar-refractivity contribution in [3.8, 4) is 0 Å². The number of fused-ring (bicyclic) bond motifs is 1. The number of carbonyl (C=O) groups excluding carboxylic acids is 1. The van der Waals surface area contributed by atoms with Gasteiger partial charge in [-0.3, -0.25) is 4.79 Å². The maximum Gasteiger partial charge on any atom is 0.258 e. The number of pyridine rings is 1. The number of amides is 1. The molecule has 1 fully saturated rings. The average Bonchev–Trinajstić information content (AvgIpc) is 3.07. The van der Waals surface area contributed by atoms with E-state index >= 15 is 0 Å². The van der Waals surface area contributed by atoms with Gasteiger partial charge in [-0.2, -0.15) is 0 Å². The molecule has 0 spiro atoms. The summed E-state index contributed by atoms with van der Waals surface area (Å²) in [6.07, 6.45) is -0.118. The molecule has 2 atom stereocenters. The van der Waals surface area contributed by atoms with Crippen molar-refractivity contribution in [2.75, 3.05) is 33.8 Å². The van der Waals surface area contributed by atoms with E-state index in [9.17, 15) is 4.79 Å². The number of morpholine rings is 1. The third-order valence-corrected chi connectivity index (χ3v) is 5.27. The smallest absolute Gasteiger partial charge is 0.258 e. The fraction of sp³-hybridized carbons (Fsp3) is 0.409. The molecule has 4 rings (SSSR count). The van der Waals surface area contributed by atoms with E-state index in [0.29, 0.717) is 35.5 Å². The van der Waals surface area contributed by atoms with Gasteiger partial charge in [0, 0.05) is 18.8 Å². The first kappa shape index (κ1) is 19.5. The number of hydrogen-bond acceptors (Lipinski definition) is 6. The first-order valence-corrected chi connectivity index (χ1v) is 9.81. The van der Waals surface area contributed by atoms with Gasteiger partial charge >= 0.3 is 0 Å². The number of nitrogens with zero attached hydrogens (tertiary/aromatic N) is 4. The Bertz CT molecular complexity index is 1020. The maximum atomic E-state index is 13.8. The minimum absolute atomic E-state index is 0.0484. The molecule has 1 aliphatic heterocycles. The van der Waals surface area contributed by atoms with E-state index in [1.165, 1.54) is 0 Å². The van der Waals surface area contributed by atoms with Crippen LogP contribution in [0.25, 0.3) is 11.1 Å². The van der Waals surface area contributed by atoms with Gasteiger partial charge in [-0.25, -0.2) is 4.98 Å². The second-order valence-corrected chi connectivity index (χ2v) is 7.78. The molecule has 0 radical (unpaired) electrons. The highest BCUT2D eigenvalue weighted by Crippen LogP contribution is 2.33. The molecule has 1 aromatic carbocycles. The summed E-state index contributed by atoms with van der Waals surface area (Å²) in [5, 5.41) is 4.70. The SMILES string of the molecule is Cc1cc(C(=O)N2CCO[C@@H](CN(C)C)[C@@H]2c2ccccc2)c2c(C)noc2n1. The fourth-order valence-electron chi connectivity index (χ4n) is 4.06. The van der Waals surface area contributed by atoms with Gasteiger partial charge in [-0.1, -0.05) is 35.5 Å². The molecule has 0 saturated carbocycles. The average molecular weight is 394 g/mol. The lowest BCUT2D eigenvalue weighted by atomic mass is 9.96. The van der Waals surface area contributed by atoms with Crippen molar-refractivity contribution in [1.82, 2.24) is 19.9 Å². The molecule has 1 aliphatic rings. The van der Waals surface area contributed by atoms with Gasteiger partial charge in [-0.15, -0.1) is 0 Å². The van der Waals surface area contributed by atoms with Crippen LogP contribution in [-0.4, -0.2) is 65.7 Å². The van der Waals surface area contributed by atoms with E-state index in [1.54, 1.807) is 0 Å². The number of ether oxygens (including phenoxy) is 1. The van der Waals surface area contributed by atoms with Crippen molar-refractivity contribution in [3.63, 3.8) is 0 Å². The minimum atomic E-state index is -0.177. The molecule has 2 aromatic heterocycles. The van der Waals surface area contributed by atoms with E-state index in [1.807, 2.05) is 57.1 Å². The molecule has 1 saturated heterocycles. The zero-order valence-corrected chi connectivity index (χ0v) is 17.3. The number of aryl methyl sites for hydroxylation is 2. The van der Waals surface area contributed by atoms with E-state index in [-0.39, 0.29) is 18.1 Å². The van der Waals surface area contributed by atoms with Crippen LogP contribution in [0.15, 0.2) is 40.9 Å². The summed E-state index contributed by atoms with van der Waals surface area (Å²) < 4.78 is 11.4. The lowest BCUT2D eigenvalue weighted by molar-refractivity contribution is -0.0684. The van der Waals surface area contributed by atoms with Crippen molar-refractivity contribution < 1.29 is 14.1 Å². The van der Waals surface area contributed by atoms with Crippen LogP contribution in [-0.2, 0) is 4.74 Å². The summed E-state index contributed by atoms with van der Waals surface area (Å²) >= 11 is 0. The van der Waals surface area contributed by atoms with Crippen molar-refractivity contribution in [1.29, 1.82) is 0 Å². The van der Waals surface area contributed by atoms with E-state index < -0.39 is 0 Å². The highest BCUT2D eigenvalue weighted by atomic mass is 16.5. The number of benzene rings is 1. The summed E-state index contributed by atoms with van der Waals surface area (Å²) in [5.74, 6) is -0.0484. The lowest BCUT2D eigenvalue weighted by Crippen LogP contribution is -2.51. The molecule has 3 heterocycles. The fourth-order valence-corrected chi connectivity index (χ4v) is 4.06. The van der Waals surface area contributed by atoms with Crippen molar-refractivity contribution in [2.45, 2.75) is 26.0 Å². The Labute approximate surface area is 170 Å². The standard InChI is InChI=1S/C22H26N4O3/c1-14-12-17(19-15(2)24-29-21(19)23-14)22(27)26-10-11-28-18(13-25(3)4)20(26)16-8-6-5-7-9-16/h5-9,12,18,20H,10-11,13H2,1-4H3/t18-,20-/m0/s1. The zero-order chi connectivity index (χ0) is 20.5. The summed E-state index contributed by atoms with van der Waals surface area (Å²) in [6, 6.07) is 11.7. The molecule has 29 heavy (non-hydrogen) atoms. The Morgan fingerprint density at radius 2 is 2.00 bits per heavy atom. The molecule has 7 nitrogen and oxygen atoms in total. The zero-order valence-electron chi connectivity index (χ0n) is 17.3. The molecule has 7 heteroatoms. The molecular weight excluding hydrogens is 368 g/mol. The summed E-state index contributed by atoms with van der Waals surface area (Å²) in [4.78, 5) is 22.2. The molecule has 0 N–H and O–H groups in total. The third-order valence-electron chi connectivity index (χ3n) is 5.27. The van der Waals surface area contributed by atoms with Crippen LogP contribution in [0, 0.1) is 13.8 Å². The van der Waals surface area contributed by atoms with Crippen LogP contribution in [0.4, 0.5) is 0 Å². The van der Waals surface area contributed by atoms with Crippen LogP contribution >= 0.6 is 0 Å². The number of likely N-dealkylation sites (N-methyl/N-ethyl adjacent to an activating group) is 1. The van der Waals surface area contributed by atoms with Gasteiger partial charge in [0.05, 0.1) is 35.4 Å². The van der Waals surface area contributed by atoms with Gasteiger partial charge in [0.25, 0.3) is 11.6 Å². The van der Waals surface area contributed by atoms with E-state index in [2.05, 4.69) is 27.2 Å². The Morgan fingerprint density at radius 3 is 2.72 bits per heavy atom. The molecule has 3 aromatic rings. The highest BCUT2D eigenvalue weighted by Gasteiger charge is 2.38. The number of rotatable bonds is 4. The predicted octanol–water partition coefficient (Wildman–Crippen LogP) is 2.98. The van der Waals surface area contributed by atoms with Crippen LogP contribution in [0.3, 0.4) is 0 Å². The van der Waals surface area contributed by atoms with Crippen LogP contribution in [0.5, 0.6) is 0 Å². The topological polar surface area (TPSA) is 71.7 Å². The maximum absolute atomic E-state index is 13.8. The summed E-state index contributed by atoms with van der Waals surface area (Å²) in [6.45, 7) is 5.44. The quantitative estimate of drug-likeness (QED) is 0.677. The highest BCUT2D eigenvalue weighted by molar-refractivity contribution is 6.06. The molecule has 0 aliphatic carbocycles. The largest absolute Gasteiger partial charge is 0.373 e. The predicted molar refractivity (Wildman–Crippen MR) is 110 cm³/mol. The number of carbonyl (C=O) groups is 1. The van der Waals surface area contributed by atoms with Gasteiger partial charge < -0.3 is 19.1 Å². The first-order valence-electron chi connectivity index (χ1n) is 9.81. The van der Waals surface area contributed by atoms with E-state index in [4.69, 9.17) is 9.26 Å². The normalized spacial score (nSPS) is 19.8. The third kappa shape index (κ3) is 3.75. The van der Waals surface area contributed by atoms with Crippen LogP contribution < -0.4 is 0 Å². The molecule has 0 unspecified atom stereocenters. The van der Waals surface area contributed by atoms with E-state index in [0.717, 1.165) is 17.8 Å². The number of aromatic nitrogens is 2. The lowest BCUT2D eigenvalue weighted by Gasteiger charge is -2.42. The van der Waals surface area contributed by atoms with Gasteiger partial charge in [0.1, 0.15) is 0 Å². The Kier molecular flexibility index (Phi) is 5.34. The minimum Gasteiger partial charge on any atom is -0.373 e. The summed E-state index contributed by atoms with van der Waals surface area (Å²) in [5.41, 5.74) is 3.45. The molecule has 152 valence electrons. The van der Waals surface area contributed by atoms with Gasteiger partial charge in [-0.05, 0) is 39.6 Å². The second-order valence-electron chi connectivity index (χ2n) is 7.78. The van der Waals surface area contributed by atoms with Crippen LogP contribution in [0.2, 0.25) is 0 Å². The molecule has 1 amide bonds.